The molecule has 0 bridgehead atoms. The first-order valence-corrected chi connectivity index (χ1v) is 9.94. The van der Waals surface area contributed by atoms with E-state index < -0.39 is 35.8 Å². The first-order chi connectivity index (χ1) is 13.9. The Balaban J connectivity index is 1.77. The molecule has 12 nitrogen and oxygen atoms in total. The van der Waals surface area contributed by atoms with Crippen molar-refractivity contribution in [3.05, 3.63) is 22.3 Å². The average Bonchev–Trinajstić information content (AvgIpc) is 3.17. The fourth-order valence-corrected chi connectivity index (χ4v) is 4.80. The Bertz CT molecular complexity index is 928. The predicted octanol–water partition coefficient (Wildman–Crippen LogP) is -1.21. The summed E-state index contributed by atoms with van der Waals surface area (Å²) in [7, 11) is 1.23. The smallest absolute Gasteiger partial charge is 0.352 e. The highest BCUT2D eigenvalue weighted by Gasteiger charge is 2.54. The lowest BCUT2D eigenvalue weighted by Crippen LogP contribution is -2.71. The monoisotopic (exact) mass is 441 g/mol. The largest absolute Gasteiger partial charge is 0.477 e. The number of thioether (sulfide) groups is 1. The summed E-state index contributed by atoms with van der Waals surface area (Å²) < 4.78 is 0. The number of fused-ring (bicyclic) bond motifs is 1. The number of carbonyl (C=O) groups is 4. The summed E-state index contributed by atoms with van der Waals surface area (Å²) in [6, 6.07) is -0.977. The van der Waals surface area contributed by atoms with Gasteiger partial charge >= 0.3 is 5.97 Å². The highest BCUT2D eigenvalue weighted by Crippen LogP contribution is 2.40. The molecule has 3 amide bonds. The Kier molecular flexibility index (Phi) is 6.14. The van der Waals surface area contributed by atoms with Crippen molar-refractivity contribution in [2.75, 3.05) is 24.8 Å². The molecule has 1 aromatic heterocycles. The van der Waals surface area contributed by atoms with Crippen LogP contribution in [0.4, 0.5) is 5.13 Å². The molecule has 3 rings (SSSR count). The number of nitrogens with one attached hydrogen (secondary N) is 2. The van der Waals surface area contributed by atoms with E-state index >= 15 is 0 Å². The molecule has 0 unspecified atom stereocenters. The van der Waals surface area contributed by atoms with Crippen molar-refractivity contribution in [2.24, 2.45) is 5.16 Å². The van der Waals surface area contributed by atoms with Crippen molar-refractivity contribution >= 4 is 58.1 Å². The van der Waals surface area contributed by atoms with Crippen LogP contribution in [-0.4, -0.2) is 80.9 Å². The lowest BCUT2D eigenvalue weighted by Gasteiger charge is -2.49. The molecule has 3 heterocycles. The molecule has 0 aliphatic carbocycles. The minimum absolute atomic E-state index is 0.132. The molecule has 1 fully saturated rings. The Morgan fingerprint density at radius 2 is 2.28 bits per heavy atom. The van der Waals surface area contributed by atoms with Crippen molar-refractivity contribution in [3.63, 3.8) is 0 Å². The third-order valence-corrected chi connectivity index (χ3v) is 6.17. The molecular formula is C15H15N5O7S2. The van der Waals surface area contributed by atoms with Crippen LogP contribution in [0.3, 0.4) is 0 Å². The zero-order valence-electron chi connectivity index (χ0n) is 14.8. The summed E-state index contributed by atoms with van der Waals surface area (Å²) >= 11 is 2.29. The number of hydrogen-bond acceptors (Lipinski definition) is 10. The van der Waals surface area contributed by atoms with Crippen molar-refractivity contribution in [1.29, 1.82) is 0 Å². The van der Waals surface area contributed by atoms with E-state index in [1.54, 1.807) is 0 Å². The maximum atomic E-state index is 12.7. The summed E-state index contributed by atoms with van der Waals surface area (Å²) in [6.07, 6.45) is 0.436. The van der Waals surface area contributed by atoms with Crippen LogP contribution in [0.15, 0.2) is 21.8 Å². The number of carboxylic acids is 1. The number of aliphatic hydroxyl groups is 1. The Morgan fingerprint density at radius 1 is 1.52 bits per heavy atom. The number of amides is 3. The van der Waals surface area contributed by atoms with Crippen LogP contribution in [-0.2, 0) is 24.0 Å². The van der Waals surface area contributed by atoms with E-state index in [2.05, 4.69) is 25.6 Å². The van der Waals surface area contributed by atoms with Crippen molar-refractivity contribution < 1.29 is 34.2 Å². The van der Waals surface area contributed by atoms with Crippen LogP contribution in [0.5, 0.6) is 0 Å². The molecular weight excluding hydrogens is 426 g/mol. The highest BCUT2D eigenvalue weighted by atomic mass is 32.2. The number of hydrogen-bond donors (Lipinski definition) is 4. The van der Waals surface area contributed by atoms with Crippen LogP contribution in [0.2, 0.25) is 0 Å². The Labute approximate surface area is 171 Å². The molecule has 4 N–H and O–H groups in total. The standard InChI is InChI=1S/C15H15N5O7S2/c1-27-19-8(7-4-29-15(17-7)16-5-22)11(23)18-9-12(24)20-10(14(25)26)6(2-21)3-28-13(9)20/h4-5,9,13,21H,2-3H2,1H3,(H,18,23)(H,25,26)(H,16,17,22)/t9-,13+/m1/s1. The van der Waals surface area contributed by atoms with Crippen molar-refractivity contribution in [1.82, 2.24) is 15.2 Å². The number of oxime groups is 1. The number of aromatic nitrogens is 1. The maximum Gasteiger partial charge on any atom is 0.352 e. The first kappa shape index (κ1) is 20.8. The van der Waals surface area contributed by atoms with Gasteiger partial charge in [0.2, 0.25) is 6.41 Å². The molecule has 29 heavy (non-hydrogen) atoms. The minimum atomic E-state index is -1.32. The fraction of sp³-hybridized carbons (Fsp3) is 0.333. The van der Waals surface area contributed by atoms with E-state index in [0.29, 0.717) is 6.41 Å². The molecule has 2 aliphatic heterocycles. The molecule has 154 valence electrons. The first-order valence-electron chi connectivity index (χ1n) is 8.01. The Hall–Kier alpha value is -2.97. The van der Waals surface area contributed by atoms with E-state index in [9.17, 15) is 29.4 Å². The van der Waals surface area contributed by atoms with Gasteiger partial charge in [-0.25, -0.2) is 9.78 Å². The van der Waals surface area contributed by atoms with Crippen LogP contribution in [0.1, 0.15) is 5.69 Å². The second kappa shape index (κ2) is 8.59. The summed E-state index contributed by atoms with van der Waals surface area (Å²) in [6.45, 7) is -0.478. The summed E-state index contributed by atoms with van der Waals surface area (Å²) in [4.78, 5) is 56.9. The molecule has 0 spiro atoms. The van der Waals surface area contributed by atoms with Gasteiger partial charge in [-0.05, 0) is 5.57 Å². The number of β-lactam (4-membered cyclic amide) rings is 1. The number of thiazole rings is 1. The predicted molar refractivity (Wildman–Crippen MR) is 102 cm³/mol. The van der Waals surface area contributed by atoms with Gasteiger partial charge in [0.15, 0.2) is 10.8 Å². The number of carboxylic acid groups (broad SMARTS) is 1. The minimum Gasteiger partial charge on any atom is -0.477 e. The lowest BCUT2D eigenvalue weighted by atomic mass is 10.0. The van der Waals surface area contributed by atoms with E-state index in [0.717, 1.165) is 16.2 Å². The number of rotatable bonds is 8. The number of aliphatic hydroxyl groups excluding tert-OH is 1. The third kappa shape index (κ3) is 3.81. The van der Waals surface area contributed by atoms with Gasteiger partial charge in [-0.2, -0.15) is 0 Å². The molecule has 0 aromatic carbocycles. The summed E-state index contributed by atoms with van der Waals surface area (Å²) in [5, 5.41) is 28.3. The molecule has 1 aromatic rings. The zero-order valence-corrected chi connectivity index (χ0v) is 16.5. The topological polar surface area (TPSA) is 171 Å². The molecule has 1 saturated heterocycles. The van der Waals surface area contributed by atoms with Crippen LogP contribution >= 0.6 is 23.1 Å². The van der Waals surface area contributed by atoms with Crippen molar-refractivity contribution in [2.45, 2.75) is 11.4 Å². The van der Waals surface area contributed by atoms with Gasteiger partial charge in [-0.15, -0.1) is 23.1 Å². The number of carbonyl (C=O) groups excluding carboxylic acids is 3. The maximum absolute atomic E-state index is 12.7. The number of anilines is 1. The van der Waals surface area contributed by atoms with Crippen LogP contribution in [0.25, 0.3) is 0 Å². The van der Waals surface area contributed by atoms with E-state index in [4.69, 9.17) is 0 Å². The van der Waals surface area contributed by atoms with Crippen LogP contribution in [0, 0.1) is 0 Å². The van der Waals surface area contributed by atoms with Gasteiger partial charge in [-0.3, -0.25) is 19.3 Å². The van der Waals surface area contributed by atoms with Gasteiger partial charge in [0.25, 0.3) is 11.8 Å². The van der Waals surface area contributed by atoms with Gasteiger partial charge in [0.1, 0.15) is 29.9 Å². The third-order valence-electron chi connectivity index (χ3n) is 4.05. The van der Waals surface area contributed by atoms with Crippen molar-refractivity contribution in [3.8, 4) is 0 Å². The van der Waals surface area contributed by atoms with E-state index in [-0.39, 0.29) is 33.6 Å². The molecule has 2 aliphatic rings. The van der Waals surface area contributed by atoms with Gasteiger partial charge in [0, 0.05) is 11.1 Å². The summed E-state index contributed by atoms with van der Waals surface area (Å²) in [5.41, 5.74) is -0.107. The van der Waals surface area contributed by atoms with E-state index in [1.165, 1.54) is 24.3 Å². The quantitative estimate of drug-likeness (QED) is 0.167. The highest BCUT2D eigenvalue weighted by molar-refractivity contribution is 8.00. The second-order valence-electron chi connectivity index (χ2n) is 5.70. The average molecular weight is 441 g/mol. The SMILES string of the molecule is CON=C(C(=O)N[C@@H]1C(=O)N2C(C(=O)O)=C(CO)CS[C@@H]12)c1csc(NC=O)n1. The second-order valence-corrected chi connectivity index (χ2v) is 7.66. The van der Waals surface area contributed by atoms with Gasteiger partial charge in [-0.1, -0.05) is 5.16 Å². The van der Waals surface area contributed by atoms with E-state index in [1.807, 2.05) is 0 Å². The summed E-state index contributed by atoms with van der Waals surface area (Å²) in [5.74, 6) is -2.47. The number of nitrogens with zero attached hydrogens (tertiary/aromatic N) is 3. The van der Waals surface area contributed by atoms with Gasteiger partial charge < -0.3 is 25.7 Å². The molecule has 0 radical (unpaired) electrons. The normalized spacial score (nSPS) is 21.2. The zero-order chi connectivity index (χ0) is 21.1. The lowest BCUT2D eigenvalue weighted by molar-refractivity contribution is -0.150. The fourth-order valence-electron chi connectivity index (χ4n) is 2.81. The van der Waals surface area contributed by atoms with Crippen LogP contribution < -0.4 is 10.6 Å². The molecule has 0 saturated carbocycles. The molecule has 14 heteroatoms. The number of aliphatic carboxylic acids is 1. The van der Waals surface area contributed by atoms with Gasteiger partial charge in [0.05, 0.1) is 6.61 Å². The Morgan fingerprint density at radius 3 is 2.90 bits per heavy atom. The molecule has 2 atom stereocenters.